The van der Waals surface area contributed by atoms with Gasteiger partial charge in [0.25, 0.3) is 0 Å². The highest BCUT2D eigenvalue weighted by Gasteiger charge is 2.51. The van der Waals surface area contributed by atoms with Gasteiger partial charge in [-0.3, -0.25) is 0 Å². The highest BCUT2D eigenvalue weighted by atomic mass is 16.7. The average Bonchev–Trinajstić information content (AvgIpc) is 3.31. The van der Waals surface area contributed by atoms with Crippen molar-refractivity contribution in [1.29, 1.82) is 0 Å². The molecule has 0 N–H and O–H groups in total. The van der Waals surface area contributed by atoms with Crippen LogP contribution in [0.1, 0.15) is 27.7 Å². The summed E-state index contributed by atoms with van der Waals surface area (Å²) in [6.07, 6.45) is 0. The summed E-state index contributed by atoms with van der Waals surface area (Å²) in [5.41, 5.74) is 12.0. The largest absolute Gasteiger partial charge is 0.494 e. The van der Waals surface area contributed by atoms with E-state index in [2.05, 4.69) is 179 Å². The molecule has 6 aromatic carbocycles. The Morgan fingerprint density at radius 1 is 0.333 bits per heavy atom. The third-order valence-electron chi connectivity index (χ3n) is 9.28. The fourth-order valence-corrected chi connectivity index (χ4v) is 5.99. The van der Waals surface area contributed by atoms with Crippen LogP contribution >= 0.6 is 0 Å². The first-order chi connectivity index (χ1) is 21.8. The quantitative estimate of drug-likeness (QED) is 0.181. The minimum atomic E-state index is -0.414. The van der Waals surface area contributed by atoms with Gasteiger partial charge in [-0.1, -0.05) is 121 Å². The van der Waals surface area contributed by atoms with Gasteiger partial charge in [0.2, 0.25) is 0 Å². The summed E-state index contributed by atoms with van der Waals surface area (Å²) in [4.78, 5) is 0. The van der Waals surface area contributed by atoms with Crippen LogP contribution in [0, 0.1) is 0 Å². The molecule has 2 nitrogen and oxygen atoms in total. The van der Waals surface area contributed by atoms with Gasteiger partial charge in [0.1, 0.15) is 0 Å². The van der Waals surface area contributed by atoms with E-state index in [1.165, 1.54) is 44.5 Å². The first-order valence-corrected chi connectivity index (χ1v) is 15.7. The maximum absolute atomic E-state index is 6.42. The molecule has 0 amide bonds. The molecule has 45 heavy (non-hydrogen) atoms. The van der Waals surface area contributed by atoms with E-state index >= 15 is 0 Å². The second kappa shape index (κ2) is 11.7. The minimum absolute atomic E-state index is 0.395. The first-order valence-electron chi connectivity index (χ1n) is 15.7. The zero-order valence-corrected chi connectivity index (χ0v) is 26.3. The molecule has 6 aromatic rings. The van der Waals surface area contributed by atoms with Crippen molar-refractivity contribution >= 4 is 12.6 Å². The predicted octanol–water partition coefficient (Wildman–Crippen LogP) is 10.3. The highest BCUT2D eigenvalue weighted by Crippen LogP contribution is 2.38. The van der Waals surface area contributed by atoms with E-state index in [0.29, 0.717) is 0 Å². The van der Waals surface area contributed by atoms with Crippen LogP contribution in [0.2, 0.25) is 0 Å². The lowest BCUT2D eigenvalue weighted by Crippen LogP contribution is -2.41. The Labute approximate surface area is 267 Å². The van der Waals surface area contributed by atoms with Crippen LogP contribution in [-0.2, 0) is 9.31 Å². The smallest absolute Gasteiger partial charge is 0.399 e. The summed E-state index contributed by atoms with van der Waals surface area (Å²) >= 11 is 0. The van der Waals surface area contributed by atoms with E-state index in [9.17, 15) is 0 Å². The van der Waals surface area contributed by atoms with Crippen molar-refractivity contribution in [2.24, 2.45) is 0 Å². The van der Waals surface area contributed by atoms with Crippen LogP contribution in [0.3, 0.4) is 0 Å². The van der Waals surface area contributed by atoms with Crippen LogP contribution in [-0.4, -0.2) is 18.3 Å². The van der Waals surface area contributed by atoms with Gasteiger partial charge in [-0.15, -0.1) is 0 Å². The minimum Gasteiger partial charge on any atom is -0.399 e. The molecule has 0 aliphatic carbocycles. The molecule has 0 bridgehead atoms. The lowest BCUT2D eigenvalue weighted by molar-refractivity contribution is 0.00578. The maximum atomic E-state index is 6.42. The lowest BCUT2D eigenvalue weighted by Gasteiger charge is -2.32. The molecule has 1 aliphatic heterocycles. The third-order valence-corrected chi connectivity index (χ3v) is 9.28. The second-order valence-electron chi connectivity index (χ2n) is 12.9. The van der Waals surface area contributed by atoms with Gasteiger partial charge in [-0.25, -0.2) is 0 Å². The van der Waals surface area contributed by atoms with Crippen LogP contribution in [0.25, 0.3) is 55.6 Å². The van der Waals surface area contributed by atoms with Gasteiger partial charge in [0, 0.05) is 0 Å². The van der Waals surface area contributed by atoms with Crippen molar-refractivity contribution in [3.63, 3.8) is 0 Å². The summed E-state index contributed by atoms with van der Waals surface area (Å²) < 4.78 is 12.8. The van der Waals surface area contributed by atoms with Gasteiger partial charge in [-0.05, 0) is 119 Å². The molecule has 220 valence electrons. The maximum Gasteiger partial charge on any atom is 0.494 e. The number of hydrogen-bond acceptors (Lipinski definition) is 2. The molecule has 0 unspecified atom stereocenters. The van der Waals surface area contributed by atoms with Crippen molar-refractivity contribution in [3.8, 4) is 55.6 Å². The molecule has 0 spiro atoms. The van der Waals surface area contributed by atoms with E-state index < -0.39 is 18.3 Å². The van der Waals surface area contributed by atoms with Gasteiger partial charge < -0.3 is 9.31 Å². The number of hydrogen-bond donors (Lipinski definition) is 0. The molecule has 0 aromatic heterocycles. The summed E-state index contributed by atoms with van der Waals surface area (Å²) in [6.45, 7) is 8.39. The molecule has 1 fully saturated rings. The van der Waals surface area contributed by atoms with Crippen molar-refractivity contribution in [3.05, 3.63) is 152 Å². The van der Waals surface area contributed by atoms with E-state index in [-0.39, 0.29) is 0 Å². The third kappa shape index (κ3) is 5.90. The second-order valence-corrected chi connectivity index (χ2v) is 12.9. The molecule has 1 aliphatic rings. The van der Waals surface area contributed by atoms with Crippen LogP contribution in [0.15, 0.2) is 152 Å². The Morgan fingerprint density at radius 2 is 0.644 bits per heavy atom. The molecule has 7 rings (SSSR count). The Morgan fingerprint density at radius 3 is 1.07 bits per heavy atom. The molecule has 0 atom stereocenters. The monoisotopic (exact) mass is 584 g/mol. The highest BCUT2D eigenvalue weighted by molar-refractivity contribution is 6.62. The molecule has 0 saturated carbocycles. The zero-order chi connectivity index (χ0) is 31.0. The molecule has 0 radical (unpaired) electrons. The molecule has 1 heterocycles. The van der Waals surface area contributed by atoms with Crippen LogP contribution in [0.4, 0.5) is 0 Å². The molecular formula is C42H37BO2. The van der Waals surface area contributed by atoms with E-state index in [4.69, 9.17) is 9.31 Å². The number of rotatable bonds is 6. The number of benzene rings is 6. The summed E-state index contributed by atoms with van der Waals surface area (Å²) in [6, 6.07) is 54.3. The van der Waals surface area contributed by atoms with Gasteiger partial charge in [0.15, 0.2) is 0 Å². The topological polar surface area (TPSA) is 18.5 Å². The van der Waals surface area contributed by atoms with Gasteiger partial charge in [0.05, 0.1) is 11.2 Å². The summed E-state index contributed by atoms with van der Waals surface area (Å²) in [5, 5.41) is 0. The fraction of sp³-hybridized carbons (Fsp3) is 0.143. The fourth-order valence-electron chi connectivity index (χ4n) is 5.99. The van der Waals surface area contributed by atoms with Crippen molar-refractivity contribution in [1.82, 2.24) is 0 Å². The first kappa shape index (κ1) is 29.0. The van der Waals surface area contributed by atoms with Crippen LogP contribution < -0.4 is 5.46 Å². The Kier molecular flexibility index (Phi) is 7.53. The summed E-state index contributed by atoms with van der Waals surface area (Å²) in [7, 11) is -0.414. The van der Waals surface area contributed by atoms with Crippen molar-refractivity contribution in [2.75, 3.05) is 0 Å². The molecule has 1 saturated heterocycles. The average molecular weight is 585 g/mol. The normalized spacial score (nSPS) is 15.2. The zero-order valence-electron chi connectivity index (χ0n) is 26.3. The van der Waals surface area contributed by atoms with E-state index in [1.807, 2.05) is 0 Å². The van der Waals surface area contributed by atoms with Gasteiger partial charge in [-0.2, -0.15) is 0 Å². The van der Waals surface area contributed by atoms with Gasteiger partial charge >= 0.3 is 7.12 Å². The van der Waals surface area contributed by atoms with E-state index in [1.54, 1.807) is 0 Å². The van der Waals surface area contributed by atoms with Crippen molar-refractivity contribution in [2.45, 2.75) is 38.9 Å². The van der Waals surface area contributed by atoms with Crippen LogP contribution in [0.5, 0.6) is 0 Å². The summed E-state index contributed by atoms with van der Waals surface area (Å²) in [5.74, 6) is 0. The standard InChI is InChI=1S/C42H37BO2/c1-41(2)42(3,4)45-43(44-41)40-23-13-22-36(29-40)39-27-37(34-20-11-18-32(24-34)30-14-7-5-8-15-30)26-38(28-39)35-21-12-19-33(25-35)31-16-9-6-10-17-31/h5-29H,1-4H3. The van der Waals surface area contributed by atoms with Crippen molar-refractivity contribution < 1.29 is 9.31 Å². The Balaban J connectivity index is 1.35. The molecular weight excluding hydrogens is 547 g/mol. The molecule has 3 heteroatoms. The SMILES string of the molecule is CC1(C)OB(c2cccc(-c3cc(-c4cccc(-c5ccccc5)c4)cc(-c4cccc(-c5ccccc5)c4)c3)c2)OC1(C)C. The Hall–Kier alpha value is -4.70. The van der Waals surface area contributed by atoms with E-state index in [0.717, 1.165) is 16.6 Å². The Bertz CT molecular complexity index is 1840. The predicted molar refractivity (Wildman–Crippen MR) is 189 cm³/mol. The lowest BCUT2D eigenvalue weighted by atomic mass is 9.77.